The van der Waals surface area contributed by atoms with Crippen molar-refractivity contribution in [2.45, 2.75) is 82.5 Å². The van der Waals surface area contributed by atoms with Crippen molar-refractivity contribution >= 4 is 17.7 Å². The minimum absolute atomic E-state index is 0.693. The molecule has 0 unspecified atom stereocenters. The molecule has 1 heterocycles. The van der Waals surface area contributed by atoms with Gasteiger partial charge in [0.05, 0.1) is 0 Å². The first-order valence-electron chi connectivity index (χ1n) is 11.3. The summed E-state index contributed by atoms with van der Waals surface area (Å²) < 4.78 is 4.05. The van der Waals surface area contributed by atoms with Crippen molar-refractivity contribution in [3.8, 4) is 11.3 Å². The molecule has 1 saturated carbocycles. The molecule has 0 aliphatic heterocycles. The zero-order valence-corrected chi connectivity index (χ0v) is 21.3. The maximum atomic E-state index is 2.52. The number of aryl methyl sites for hydroxylation is 2. The van der Waals surface area contributed by atoms with E-state index < -0.39 is 13.3 Å². The van der Waals surface area contributed by atoms with Gasteiger partial charge < -0.3 is 0 Å². The topological polar surface area (TPSA) is 3.88 Å². The van der Waals surface area contributed by atoms with Crippen molar-refractivity contribution in [3.63, 3.8) is 0 Å². The number of nitrogens with zero attached hydrogens (tertiary/aromatic N) is 1. The van der Waals surface area contributed by atoms with Crippen LogP contribution in [0.5, 0.6) is 0 Å². The Kier molecular flexibility index (Phi) is 6.74. The number of aromatic nitrogens is 1. The fourth-order valence-corrected chi connectivity index (χ4v) is 8.51. The second kappa shape index (κ2) is 8.73. The average Bonchev–Trinajstić information content (AvgIpc) is 2.62. The second-order valence-electron chi connectivity index (χ2n) is 10.5. The van der Waals surface area contributed by atoms with Crippen molar-refractivity contribution in [2.75, 3.05) is 0 Å². The molecule has 0 saturated heterocycles. The first kappa shape index (κ1) is 21.6. The van der Waals surface area contributed by atoms with E-state index in [0.29, 0.717) is 5.92 Å². The van der Waals surface area contributed by atoms with Gasteiger partial charge in [0.2, 0.25) is 0 Å². The van der Waals surface area contributed by atoms with Gasteiger partial charge in [0, 0.05) is 0 Å². The third kappa shape index (κ3) is 4.90. The Morgan fingerprint density at radius 1 is 1.04 bits per heavy atom. The third-order valence-electron chi connectivity index (χ3n) is 6.40. The van der Waals surface area contributed by atoms with Crippen LogP contribution in [-0.2, 0) is 13.5 Å². The molecule has 1 aromatic heterocycles. The van der Waals surface area contributed by atoms with E-state index in [-0.39, 0.29) is 0 Å². The van der Waals surface area contributed by atoms with Crippen molar-refractivity contribution in [1.82, 2.24) is 0 Å². The van der Waals surface area contributed by atoms with Gasteiger partial charge in [0.1, 0.15) is 0 Å². The SMILES string of the molecule is Cc1cc(C2CCCCC2)ccc1-c1cc(CC(C)C)[c]([Ge]([CH3])([CH3])[CH3])c[n+]1C. The second-order valence-corrected chi connectivity index (χ2v) is 21.0. The molecule has 152 valence electrons. The summed E-state index contributed by atoms with van der Waals surface area (Å²) in [5, 5.41) is 0. The molecule has 0 amide bonds. The molecular formula is C26H40GeN+. The van der Waals surface area contributed by atoms with Crippen LogP contribution in [0.15, 0.2) is 30.5 Å². The van der Waals surface area contributed by atoms with E-state index in [1.165, 1.54) is 55.3 Å². The quantitative estimate of drug-likeness (QED) is 0.382. The van der Waals surface area contributed by atoms with E-state index in [1.54, 1.807) is 15.5 Å². The molecule has 1 aromatic carbocycles. The molecule has 1 nitrogen and oxygen atoms in total. The zero-order chi connectivity index (χ0) is 20.5. The van der Waals surface area contributed by atoms with E-state index in [9.17, 15) is 0 Å². The minimum atomic E-state index is -1.90. The molecule has 0 radical (unpaired) electrons. The first-order chi connectivity index (χ1) is 13.2. The Morgan fingerprint density at radius 2 is 1.71 bits per heavy atom. The van der Waals surface area contributed by atoms with Crippen molar-refractivity contribution in [3.05, 3.63) is 47.2 Å². The third-order valence-corrected chi connectivity index (χ3v) is 10.7. The Morgan fingerprint density at radius 3 is 2.29 bits per heavy atom. The molecule has 0 bridgehead atoms. The fourth-order valence-electron chi connectivity index (χ4n) is 4.91. The van der Waals surface area contributed by atoms with Crippen LogP contribution in [0.2, 0.25) is 17.3 Å². The summed E-state index contributed by atoms with van der Waals surface area (Å²) in [6.45, 7) is 6.99. The van der Waals surface area contributed by atoms with Crippen molar-refractivity contribution < 1.29 is 4.57 Å². The molecule has 0 spiro atoms. The van der Waals surface area contributed by atoms with Crippen molar-refractivity contribution in [1.29, 1.82) is 0 Å². The molecule has 28 heavy (non-hydrogen) atoms. The molecule has 1 aliphatic carbocycles. The summed E-state index contributed by atoms with van der Waals surface area (Å²) in [4.78, 5) is 0. The van der Waals surface area contributed by atoms with Crippen LogP contribution in [0.4, 0.5) is 0 Å². The Hall–Kier alpha value is -1.09. The molecule has 0 atom stereocenters. The Bertz CT molecular complexity index is 823. The molecule has 2 heteroatoms. The first-order valence-corrected chi connectivity index (χ1v) is 18.6. The van der Waals surface area contributed by atoms with Gasteiger partial charge in [-0.15, -0.1) is 0 Å². The standard InChI is InChI=1S/C26H40GeN/c1-19(2)15-23-17-26(28(7)18-25(23)27(4,5)6)24-14-13-22(16-20(24)3)21-11-9-8-10-12-21/h13-14,16-19,21H,8-12,15H2,1-7H3/q+1. The van der Waals surface area contributed by atoms with Gasteiger partial charge in [0.15, 0.2) is 0 Å². The van der Waals surface area contributed by atoms with Crippen LogP contribution >= 0.6 is 0 Å². The molecule has 3 rings (SSSR count). The molecule has 1 fully saturated rings. The van der Waals surface area contributed by atoms with Crippen molar-refractivity contribution in [2.24, 2.45) is 13.0 Å². The number of rotatable bonds is 5. The van der Waals surface area contributed by atoms with E-state index in [2.05, 4.69) is 80.1 Å². The summed E-state index contributed by atoms with van der Waals surface area (Å²) in [5.74, 6) is 9.02. The number of pyridine rings is 1. The summed E-state index contributed by atoms with van der Waals surface area (Å²) in [6.07, 6.45) is 10.6. The predicted octanol–water partition coefficient (Wildman–Crippen LogP) is 6.28. The van der Waals surface area contributed by atoms with Crippen LogP contribution in [0.25, 0.3) is 11.3 Å². The summed E-state index contributed by atoms with van der Waals surface area (Å²) in [5.41, 5.74) is 7.36. The number of benzene rings is 1. The number of hydrogen-bond acceptors (Lipinski definition) is 0. The van der Waals surface area contributed by atoms with Gasteiger partial charge in [-0.2, -0.15) is 0 Å². The van der Waals surface area contributed by atoms with Crippen LogP contribution in [0.1, 0.15) is 68.6 Å². The molecule has 1 aliphatic rings. The van der Waals surface area contributed by atoms with Crippen LogP contribution < -0.4 is 8.96 Å². The van der Waals surface area contributed by atoms with Crippen LogP contribution in [-0.4, -0.2) is 13.3 Å². The van der Waals surface area contributed by atoms with E-state index in [0.717, 1.165) is 5.92 Å². The maximum absolute atomic E-state index is 2.52. The van der Waals surface area contributed by atoms with Crippen LogP contribution in [0.3, 0.4) is 0 Å². The Balaban J connectivity index is 2.02. The summed E-state index contributed by atoms with van der Waals surface area (Å²) >= 11 is -1.90. The van der Waals surface area contributed by atoms with E-state index in [1.807, 2.05) is 0 Å². The normalized spacial score (nSPS) is 16.0. The van der Waals surface area contributed by atoms with Crippen LogP contribution in [0, 0.1) is 12.8 Å². The predicted molar refractivity (Wildman–Crippen MR) is 125 cm³/mol. The summed E-state index contributed by atoms with van der Waals surface area (Å²) in [6, 6.07) is 9.79. The Labute approximate surface area is 175 Å². The van der Waals surface area contributed by atoms with Gasteiger partial charge in [-0.3, -0.25) is 0 Å². The molecular weight excluding hydrogens is 399 g/mol. The van der Waals surface area contributed by atoms with Gasteiger partial charge in [-0.25, -0.2) is 0 Å². The molecule has 2 aromatic rings. The summed E-state index contributed by atoms with van der Waals surface area (Å²) in [7, 11) is 2.24. The van der Waals surface area contributed by atoms with E-state index >= 15 is 0 Å². The van der Waals surface area contributed by atoms with Gasteiger partial charge in [0.25, 0.3) is 0 Å². The van der Waals surface area contributed by atoms with E-state index in [4.69, 9.17) is 0 Å². The fraction of sp³-hybridized carbons (Fsp3) is 0.577. The average molecular weight is 439 g/mol. The zero-order valence-electron chi connectivity index (χ0n) is 19.2. The molecule has 0 N–H and O–H groups in total. The van der Waals surface area contributed by atoms with Gasteiger partial charge in [-0.1, -0.05) is 0 Å². The van der Waals surface area contributed by atoms with Gasteiger partial charge in [-0.05, 0) is 0 Å². The number of hydrogen-bond donors (Lipinski definition) is 0. The van der Waals surface area contributed by atoms with Gasteiger partial charge >= 0.3 is 176 Å². The monoisotopic (exact) mass is 440 g/mol.